The fourth-order valence-corrected chi connectivity index (χ4v) is 1.68. The molecule has 0 saturated heterocycles. The van der Waals surface area contributed by atoms with Crippen LogP contribution >= 0.6 is 0 Å². The van der Waals surface area contributed by atoms with E-state index in [1.54, 1.807) is 6.33 Å². The van der Waals surface area contributed by atoms with E-state index in [4.69, 9.17) is 0 Å². The van der Waals surface area contributed by atoms with Gasteiger partial charge in [0.1, 0.15) is 0 Å². The number of hydrogen-bond acceptors (Lipinski definition) is 3. The molecular formula is C12H15N3O. The Bertz CT molecular complexity index is 490. The molecule has 0 aliphatic heterocycles. The van der Waals surface area contributed by atoms with Gasteiger partial charge in [0.05, 0.1) is 17.4 Å². The topological polar surface area (TPSA) is 57.8 Å². The number of benzene rings is 1. The first-order chi connectivity index (χ1) is 7.81. The quantitative estimate of drug-likeness (QED) is 0.592. The number of H-pyrrole nitrogens is 1. The molecule has 84 valence electrons. The lowest BCUT2D eigenvalue weighted by atomic mass is 10.1. The maximum absolute atomic E-state index is 11.8. The summed E-state index contributed by atoms with van der Waals surface area (Å²) in [4.78, 5) is 18.9. The summed E-state index contributed by atoms with van der Waals surface area (Å²) in [7, 11) is 1.89. The number of ketones is 1. The van der Waals surface area contributed by atoms with Crippen molar-refractivity contribution in [3.63, 3.8) is 0 Å². The Hall–Kier alpha value is -1.68. The number of aromatic nitrogens is 2. The van der Waals surface area contributed by atoms with Crippen LogP contribution in [0.1, 0.15) is 23.2 Å². The third-order valence-electron chi connectivity index (χ3n) is 2.57. The maximum atomic E-state index is 11.8. The third-order valence-corrected chi connectivity index (χ3v) is 2.57. The fraction of sp³-hybridized carbons (Fsp3) is 0.333. The summed E-state index contributed by atoms with van der Waals surface area (Å²) >= 11 is 0. The van der Waals surface area contributed by atoms with Crippen LogP contribution in [-0.4, -0.2) is 29.3 Å². The van der Waals surface area contributed by atoms with E-state index in [9.17, 15) is 4.79 Å². The zero-order valence-electron chi connectivity index (χ0n) is 9.29. The molecule has 0 spiro atoms. The number of aromatic amines is 1. The highest BCUT2D eigenvalue weighted by molar-refractivity contribution is 5.98. The van der Waals surface area contributed by atoms with E-state index < -0.39 is 0 Å². The normalized spacial score (nSPS) is 10.8. The number of hydrogen-bond donors (Lipinski definition) is 2. The number of imidazole rings is 1. The van der Waals surface area contributed by atoms with E-state index >= 15 is 0 Å². The first-order valence-electron chi connectivity index (χ1n) is 5.42. The van der Waals surface area contributed by atoms with Crippen molar-refractivity contribution in [2.24, 2.45) is 0 Å². The largest absolute Gasteiger partial charge is 0.345 e. The van der Waals surface area contributed by atoms with Crippen LogP contribution in [0.25, 0.3) is 11.0 Å². The number of rotatable bonds is 5. The molecule has 4 nitrogen and oxygen atoms in total. The van der Waals surface area contributed by atoms with Gasteiger partial charge in [0.25, 0.3) is 0 Å². The molecule has 1 aromatic carbocycles. The highest BCUT2D eigenvalue weighted by Crippen LogP contribution is 2.13. The number of nitrogens with zero attached hydrogens (tertiary/aromatic N) is 1. The average molecular weight is 217 g/mol. The van der Waals surface area contributed by atoms with Crippen molar-refractivity contribution >= 4 is 16.8 Å². The highest BCUT2D eigenvalue weighted by Gasteiger charge is 2.06. The van der Waals surface area contributed by atoms with Gasteiger partial charge in [-0.2, -0.15) is 0 Å². The van der Waals surface area contributed by atoms with Gasteiger partial charge < -0.3 is 10.3 Å². The van der Waals surface area contributed by atoms with Crippen molar-refractivity contribution in [2.45, 2.75) is 12.8 Å². The van der Waals surface area contributed by atoms with Crippen molar-refractivity contribution in [1.29, 1.82) is 0 Å². The zero-order valence-corrected chi connectivity index (χ0v) is 9.29. The van der Waals surface area contributed by atoms with E-state index in [-0.39, 0.29) is 5.78 Å². The van der Waals surface area contributed by atoms with Crippen LogP contribution in [-0.2, 0) is 0 Å². The standard InChI is InChI=1S/C12H15N3O/c1-13-6-2-3-12(16)9-4-5-10-11(7-9)15-8-14-10/h4-5,7-8,13H,2-3,6H2,1H3,(H,14,15). The Kier molecular flexibility index (Phi) is 3.31. The van der Waals surface area contributed by atoms with Crippen LogP contribution in [0.2, 0.25) is 0 Å². The van der Waals surface area contributed by atoms with Crippen molar-refractivity contribution in [3.05, 3.63) is 30.1 Å². The fourth-order valence-electron chi connectivity index (χ4n) is 1.68. The Morgan fingerprint density at radius 1 is 1.50 bits per heavy atom. The summed E-state index contributed by atoms with van der Waals surface area (Å²) in [6, 6.07) is 5.58. The molecule has 2 aromatic rings. The van der Waals surface area contributed by atoms with Gasteiger partial charge in [-0.25, -0.2) is 4.98 Å². The van der Waals surface area contributed by atoms with Gasteiger partial charge in [-0.3, -0.25) is 4.79 Å². The third kappa shape index (κ3) is 2.28. The molecule has 0 atom stereocenters. The number of fused-ring (bicyclic) bond motifs is 1. The molecule has 0 fully saturated rings. The van der Waals surface area contributed by atoms with Gasteiger partial charge in [-0.1, -0.05) is 0 Å². The van der Waals surface area contributed by atoms with Gasteiger partial charge in [-0.05, 0) is 38.2 Å². The number of carbonyl (C=O) groups is 1. The second-order valence-corrected chi connectivity index (χ2v) is 3.76. The van der Waals surface area contributed by atoms with Gasteiger partial charge in [0.2, 0.25) is 0 Å². The number of carbonyl (C=O) groups excluding carboxylic acids is 1. The lowest BCUT2D eigenvalue weighted by Gasteiger charge is -2.01. The molecule has 1 aromatic heterocycles. The van der Waals surface area contributed by atoms with Gasteiger partial charge in [-0.15, -0.1) is 0 Å². The lowest BCUT2D eigenvalue weighted by molar-refractivity contribution is 0.0980. The molecule has 0 bridgehead atoms. The Labute approximate surface area is 94.1 Å². The van der Waals surface area contributed by atoms with E-state index in [0.717, 1.165) is 29.6 Å². The van der Waals surface area contributed by atoms with Gasteiger partial charge in [0.15, 0.2) is 5.78 Å². The smallest absolute Gasteiger partial charge is 0.163 e. The first kappa shape index (κ1) is 10.8. The van der Waals surface area contributed by atoms with Crippen molar-refractivity contribution in [2.75, 3.05) is 13.6 Å². The predicted molar refractivity (Wildman–Crippen MR) is 63.6 cm³/mol. The summed E-state index contributed by atoms with van der Waals surface area (Å²) in [6.45, 7) is 0.873. The van der Waals surface area contributed by atoms with Crippen molar-refractivity contribution in [3.8, 4) is 0 Å². The molecule has 0 radical (unpaired) electrons. The monoisotopic (exact) mass is 217 g/mol. The summed E-state index contributed by atoms with van der Waals surface area (Å²) in [5.41, 5.74) is 2.57. The minimum Gasteiger partial charge on any atom is -0.345 e. The van der Waals surface area contributed by atoms with Crippen LogP contribution in [0.3, 0.4) is 0 Å². The van der Waals surface area contributed by atoms with Crippen molar-refractivity contribution < 1.29 is 4.79 Å². The van der Waals surface area contributed by atoms with E-state index in [0.29, 0.717) is 6.42 Å². The Balaban J connectivity index is 2.10. The molecule has 2 N–H and O–H groups in total. The molecule has 0 amide bonds. The van der Waals surface area contributed by atoms with Crippen LogP contribution in [0, 0.1) is 0 Å². The zero-order chi connectivity index (χ0) is 11.4. The average Bonchev–Trinajstić information content (AvgIpc) is 2.76. The summed E-state index contributed by atoms with van der Waals surface area (Å²) in [5, 5.41) is 3.03. The second kappa shape index (κ2) is 4.90. The molecular weight excluding hydrogens is 202 g/mol. The molecule has 1 heterocycles. The van der Waals surface area contributed by atoms with Crippen LogP contribution in [0.4, 0.5) is 0 Å². The molecule has 16 heavy (non-hydrogen) atoms. The summed E-state index contributed by atoms with van der Waals surface area (Å²) < 4.78 is 0. The second-order valence-electron chi connectivity index (χ2n) is 3.76. The van der Waals surface area contributed by atoms with Crippen molar-refractivity contribution in [1.82, 2.24) is 15.3 Å². The van der Waals surface area contributed by atoms with Gasteiger partial charge in [0, 0.05) is 12.0 Å². The van der Waals surface area contributed by atoms with Crippen LogP contribution in [0.5, 0.6) is 0 Å². The lowest BCUT2D eigenvalue weighted by Crippen LogP contribution is -2.10. The molecule has 2 rings (SSSR count). The first-order valence-corrected chi connectivity index (χ1v) is 5.42. The molecule has 0 aliphatic rings. The SMILES string of the molecule is CNCCCC(=O)c1ccc2nc[nH]c2c1. The molecule has 4 heteroatoms. The molecule has 0 unspecified atom stereocenters. The maximum Gasteiger partial charge on any atom is 0.163 e. The van der Waals surface area contributed by atoms with Crippen LogP contribution < -0.4 is 5.32 Å². The minimum absolute atomic E-state index is 0.187. The molecule has 0 saturated carbocycles. The summed E-state index contributed by atoms with van der Waals surface area (Å²) in [5.74, 6) is 0.187. The predicted octanol–water partition coefficient (Wildman–Crippen LogP) is 1.75. The Morgan fingerprint density at radius 3 is 3.19 bits per heavy atom. The van der Waals surface area contributed by atoms with Crippen LogP contribution in [0.15, 0.2) is 24.5 Å². The van der Waals surface area contributed by atoms with Gasteiger partial charge >= 0.3 is 0 Å². The Morgan fingerprint density at radius 2 is 2.38 bits per heavy atom. The number of Topliss-reactive ketones (excluding diaryl/α,β-unsaturated/α-hetero) is 1. The van der Waals surface area contributed by atoms with E-state index in [1.165, 1.54) is 0 Å². The highest BCUT2D eigenvalue weighted by atomic mass is 16.1. The summed E-state index contributed by atoms with van der Waals surface area (Å²) in [6.07, 6.45) is 3.09. The number of nitrogens with one attached hydrogen (secondary N) is 2. The molecule has 0 aliphatic carbocycles. The van der Waals surface area contributed by atoms with E-state index in [2.05, 4.69) is 15.3 Å². The minimum atomic E-state index is 0.187. The van der Waals surface area contributed by atoms with E-state index in [1.807, 2.05) is 25.2 Å².